The molecule has 0 aromatic carbocycles. The monoisotopic (exact) mass is 170 g/mol. The summed E-state index contributed by atoms with van der Waals surface area (Å²) in [6.07, 6.45) is 0.887. The van der Waals surface area contributed by atoms with Crippen molar-refractivity contribution in [3.05, 3.63) is 0 Å². The summed E-state index contributed by atoms with van der Waals surface area (Å²) in [6, 6.07) is -0.337. The van der Waals surface area contributed by atoms with Gasteiger partial charge in [0.1, 0.15) is 6.04 Å². The van der Waals surface area contributed by atoms with Crippen LogP contribution in [0.2, 0.25) is 0 Å². The Morgan fingerprint density at radius 3 is 2.83 bits per heavy atom. The van der Waals surface area contributed by atoms with E-state index in [0.29, 0.717) is 0 Å². The molecular weight excluding hydrogens is 156 g/mol. The molecule has 4 heteroatoms. The van der Waals surface area contributed by atoms with Crippen LogP contribution in [-0.4, -0.2) is 24.4 Å². The number of carbonyl (C=O) groups is 2. The van der Waals surface area contributed by atoms with Crippen LogP contribution in [-0.2, 0) is 9.59 Å². The average Bonchev–Trinajstić information content (AvgIpc) is 2.08. The Balaban J connectivity index is 2.60. The van der Waals surface area contributed by atoms with Gasteiger partial charge in [-0.15, -0.1) is 0 Å². The number of carbonyl (C=O) groups excluding carboxylic acids is 2. The van der Waals surface area contributed by atoms with Crippen LogP contribution in [0.15, 0.2) is 0 Å². The molecule has 0 unspecified atom stereocenters. The normalized spacial score (nSPS) is 26.0. The molecule has 1 heterocycles. The Labute approximate surface area is 71.7 Å². The van der Waals surface area contributed by atoms with E-state index in [-0.39, 0.29) is 30.3 Å². The van der Waals surface area contributed by atoms with Crippen molar-refractivity contribution in [1.29, 1.82) is 0 Å². The highest BCUT2D eigenvalue weighted by Crippen LogP contribution is 2.09. The second-order valence-corrected chi connectivity index (χ2v) is 3.15. The predicted octanol–water partition coefficient (Wildman–Crippen LogP) is -0.353. The Morgan fingerprint density at radius 1 is 1.58 bits per heavy atom. The minimum absolute atomic E-state index is 0.0658. The first-order chi connectivity index (χ1) is 5.65. The number of amides is 2. The van der Waals surface area contributed by atoms with Crippen LogP contribution in [0, 0.1) is 5.92 Å². The minimum atomic E-state index is -0.337. The molecule has 1 rings (SSSR count). The molecule has 2 N–H and O–H groups in total. The maximum atomic E-state index is 11.2. The van der Waals surface area contributed by atoms with Crippen molar-refractivity contribution < 1.29 is 9.59 Å². The van der Waals surface area contributed by atoms with Gasteiger partial charge < -0.3 is 10.6 Å². The SMILES string of the molecule is CC[C@@H](C)[C@@H]1NC(=O)CNC1=O. The number of piperazine rings is 1. The standard InChI is InChI=1S/C8H14N2O2/c1-3-5(2)7-8(12)9-4-6(11)10-7/h5,7H,3-4H2,1-2H3,(H,9,12)(H,10,11)/t5-,7+/m1/s1. The number of nitrogens with one attached hydrogen (secondary N) is 2. The fourth-order valence-corrected chi connectivity index (χ4v) is 1.20. The molecule has 0 aliphatic carbocycles. The van der Waals surface area contributed by atoms with Gasteiger partial charge in [0, 0.05) is 0 Å². The highest BCUT2D eigenvalue weighted by atomic mass is 16.2. The van der Waals surface area contributed by atoms with Gasteiger partial charge in [0.05, 0.1) is 6.54 Å². The zero-order valence-corrected chi connectivity index (χ0v) is 7.39. The zero-order chi connectivity index (χ0) is 9.14. The minimum Gasteiger partial charge on any atom is -0.345 e. The maximum absolute atomic E-state index is 11.2. The number of hydrogen-bond acceptors (Lipinski definition) is 2. The van der Waals surface area contributed by atoms with Crippen molar-refractivity contribution in [3.63, 3.8) is 0 Å². The van der Waals surface area contributed by atoms with Crippen molar-refractivity contribution in [2.45, 2.75) is 26.3 Å². The Hall–Kier alpha value is -1.06. The second-order valence-electron chi connectivity index (χ2n) is 3.15. The van der Waals surface area contributed by atoms with Gasteiger partial charge in [0.15, 0.2) is 0 Å². The van der Waals surface area contributed by atoms with E-state index in [2.05, 4.69) is 10.6 Å². The van der Waals surface area contributed by atoms with E-state index < -0.39 is 0 Å². The molecule has 0 spiro atoms. The molecule has 1 saturated heterocycles. The Morgan fingerprint density at radius 2 is 2.25 bits per heavy atom. The summed E-state index contributed by atoms with van der Waals surface area (Å²) in [5.74, 6) is 0.0399. The fraction of sp³-hybridized carbons (Fsp3) is 0.750. The van der Waals surface area contributed by atoms with Crippen LogP contribution in [0.1, 0.15) is 20.3 Å². The highest BCUT2D eigenvalue weighted by Gasteiger charge is 2.29. The molecule has 0 aromatic rings. The third kappa shape index (κ3) is 1.75. The molecule has 1 aliphatic heterocycles. The lowest BCUT2D eigenvalue weighted by Gasteiger charge is -2.27. The second kappa shape index (κ2) is 3.56. The quantitative estimate of drug-likeness (QED) is 0.595. The van der Waals surface area contributed by atoms with Crippen LogP contribution in [0.25, 0.3) is 0 Å². The maximum Gasteiger partial charge on any atom is 0.243 e. The van der Waals surface area contributed by atoms with Gasteiger partial charge in [-0.05, 0) is 5.92 Å². The summed E-state index contributed by atoms with van der Waals surface area (Å²) in [5, 5.41) is 5.21. The third-order valence-electron chi connectivity index (χ3n) is 2.24. The summed E-state index contributed by atoms with van der Waals surface area (Å²) in [6.45, 7) is 4.07. The van der Waals surface area contributed by atoms with Gasteiger partial charge in [-0.3, -0.25) is 9.59 Å². The van der Waals surface area contributed by atoms with Gasteiger partial charge in [0.25, 0.3) is 0 Å². The first-order valence-corrected chi connectivity index (χ1v) is 4.22. The average molecular weight is 170 g/mol. The van der Waals surface area contributed by atoms with Crippen molar-refractivity contribution in [2.75, 3.05) is 6.54 Å². The molecule has 0 bridgehead atoms. The van der Waals surface area contributed by atoms with E-state index >= 15 is 0 Å². The summed E-state index contributed by atoms with van der Waals surface area (Å²) >= 11 is 0. The Bertz CT molecular complexity index is 203. The van der Waals surface area contributed by atoms with Gasteiger partial charge in [-0.25, -0.2) is 0 Å². The van der Waals surface area contributed by atoms with Crippen molar-refractivity contribution in [2.24, 2.45) is 5.92 Å². The fourth-order valence-electron chi connectivity index (χ4n) is 1.20. The summed E-state index contributed by atoms with van der Waals surface area (Å²) in [5.41, 5.74) is 0. The van der Waals surface area contributed by atoms with Gasteiger partial charge >= 0.3 is 0 Å². The molecule has 0 radical (unpaired) electrons. The van der Waals surface area contributed by atoms with Gasteiger partial charge in [-0.1, -0.05) is 20.3 Å². The highest BCUT2D eigenvalue weighted by molar-refractivity contribution is 5.94. The molecule has 12 heavy (non-hydrogen) atoms. The third-order valence-corrected chi connectivity index (χ3v) is 2.24. The van der Waals surface area contributed by atoms with Crippen LogP contribution >= 0.6 is 0 Å². The lowest BCUT2D eigenvalue weighted by Crippen LogP contribution is -2.58. The molecule has 68 valence electrons. The van der Waals surface area contributed by atoms with Gasteiger partial charge in [0.2, 0.25) is 11.8 Å². The van der Waals surface area contributed by atoms with Crippen molar-refractivity contribution in [1.82, 2.24) is 10.6 Å². The van der Waals surface area contributed by atoms with E-state index in [1.807, 2.05) is 13.8 Å². The topological polar surface area (TPSA) is 58.2 Å². The Kier molecular flexibility index (Phi) is 2.68. The summed E-state index contributed by atoms with van der Waals surface area (Å²) in [4.78, 5) is 22.1. The first-order valence-electron chi connectivity index (χ1n) is 4.22. The van der Waals surface area contributed by atoms with E-state index in [1.54, 1.807) is 0 Å². The molecule has 0 aromatic heterocycles. The molecule has 1 aliphatic rings. The van der Waals surface area contributed by atoms with Gasteiger partial charge in [-0.2, -0.15) is 0 Å². The van der Waals surface area contributed by atoms with Crippen LogP contribution in [0.3, 0.4) is 0 Å². The largest absolute Gasteiger partial charge is 0.345 e. The number of rotatable bonds is 2. The number of hydrogen-bond donors (Lipinski definition) is 2. The van der Waals surface area contributed by atoms with Crippen LogP contribution < -0.4 is 10.6 Å². The molecule has 1 fully saturated rings. The molecule has 4 nitrogen and oxygen atoms in total. The smallest absolute Gasteiger partial charge is 0.243 e. The first kappa shape index (κ1) is 9.03. The van der Waals surface area contributed by atoms with E-state index in [1.165, 1.54) is 0 Å². The van der Waals surface area contributed by atoms with Crippen LogP contribution in [0.5, 0.6) is 0 Å². The predicted molar refractivity (Wildman–Crippen MR) is 44.4 cm³/mol. The van der Waals surface area contributed by atoms with Crippen LogP contribution in [0.4, 0.5) is 0 Å². The zero-order valence-electron chi connectivity index (χ0n) is 7.39. The molecule has 2 amide bonds. The summed E-state index contributed by atoms with van der Waals surface area (Å²) in [7, 11) is 0. The molecule has 0 saturated carbocycles. The van der Waals surface area contributed by atoms with E-state index in [0.717, 1.165) is 6.42 Å². The molecule has 2 atom stereocenters. The summed E-state index contributed by atoms with van der Waals surface area (Å²) < 4.78 is 0. The van der Waals surface area contributed by atoms with E-state index in [9.17, 15) is 9.59 Å². The van der Waals surface area contributed by atoms with Crippen molar-refractivity contribution in [3.8, 4) is 0 Å². The molecular formula is C8H14N2O2. The lowest BCUT2D eigenvalue weighted by atomic mass is 9.97. The van der Waals surface area contributed by atoms with E-state index in [4.69, 9.17) is 0 Å². The lowest BCUT2D eigenvalue weighted by molar-refractivity contribution is -0.134. The van der Waals surface area contributed by atoms with Crippen molar-refractivity contribution >= 4 is 11.8 Å².